The second kappa shape index (κ2) is 14.6. The third kappa shape index (κ3) is 5.58. The second-order valence-electron chi connectivity index (χ2n) is 18.0. The number of anilines is 6. The topological polar surface area (TPSA) is 19.6 Å². The number of halogens is 3. The van der Waals surface area contributed by atoms with Crippen molar-refractivity contribution < 1.29 is 17.6 Å². The largest absolute Gasteiger partial charge is 0.453 e. The molecule has 0 saturated carbocycles. The molecule has 1 aliphatic heterocycles. The van der Waals surface area contributed by atoms with E-state index >= 15 is 0 Å². The van der Waals surface area contributed by atoms with Crippen molar-refractivity contribution in [3.8, 4) is 11.1 Å². The number of rotatable bonds is 5. The van der Waals surface area contributed by atoms with Crippen LogP contribution >= 0.6 is 0 Å². The number of hydrogen-bond donors (Lipinski definition) is 0. The van der Waals surface area contributed by atoms with Crippen LogP contribution in [-0.2, 0) is 11.6 Å². The monoisotopic (exact) mass is 890 g/mol. The molecule has 13 rings (SSSR count). The van der Waals surface area contributed by atoms with Crippen molar-refractivity contribution in [3.63, 3.8) is 0 Å². The van der Waals surface area contributed by atoms with Crippen LogP contribution in [0.1, 0.15) is 27.8 Å². The Bertz CT molecular complexity index is 3750. The Morgan fingerprint density at radius 2 is 1.06 bits per heavy atom. The van der Waals surface area contributed by atoms with Crippen molar-refractivity contribution in [3.05, 3.63) is 234 Å². The lowest BCUT2D eigenvalue weighted by molar-refractivity contribution is -0.136. The highest BCUT2D eigenvalue weighted by Gasteiger charge is 2.53. The number of nitrogens with zero attached hydrogens (tertiary/aromatic N) is 2. The molecule has 67 heavy (non-hydrogen) atoms. The first-order valence-corrected chi connectivity index (χ1v) is 25.7. The molecule has 0 atom stereocenters. The van der Waals surface area contributed by atoms with E-state index in [9.17, 15) is 13.2 Å². The van der Waals surface area contributed by atoms with Gasteiger partial charge in [0.15, 0.2) is 5.58 Å². The van der Waals surface area contributed by atoms with Crippen LogP contribution in [0.25, 0.3) is 54.6 Å². The van der Waals surface area contributed by atoms with Gasteiger partial charge in [0, 0.05) is 27.5 Å². The molecule has 2 aliphatic rings. The average Bonchev–Trinajstić information content (AvgIpc) is 3.89. The molecule has 1 aliphatic carbocycles. The fraction of sp³-hybridized carbons (Fsp3) is 0.0667. The summed E-state index contributed by atoms with van der Waals surface area (Å²) in [6.45, 7) is 4.63. The van der Waals surface area contributed by atoms with E-state index in [0.717, 1.165) is 67.4 Å². The smallest absolute Gasteiger partial charge is 0.420 e. The molecule has 0 fully saturated rings. The van der Waals surface area contributed by atoms with Crippen LogP contribution in [0, 0.1) is 0 Å². The quantitative estimate of drug-likeness (QED) is 0.161. The SMILES string of the molecule is C[SiH](C)c1ccc(N(c2cc3c(c4ccccc24)-c2c(ccc4ccccc24)C32c3ccccc3N(c3ccccc3)c3ccccc32)c2cccc3c2oc2c(C(F)(F)F)cccc23)cc1. The second-order valence-corrected chi connectivity index (χ2v) is 21.0. The van der Waals surface area contributed by atoms with Crippen LogP contribution in [0.4, 0.5) is 47.3 Å². The number of fused-ring (bicyclic) bond motifs is 16. The van der Waals surface area contributed by atoms with E-state index in [0.29, 0.717) is 22.0 Å². The van der Waals surface area contributed by atoms with Gasteiger partial charge in [0.2, 0.25) is 0 Å². The van der Waals surface area contributed by atoms with E-state index < -0.39 is 26.0 Å². The highest BCUT2D eigenvalue weighted by molar-refractivity contribution is 6.70. The maximum absolute atomic E-state index is 14.7. The van der Waals surface area contributed by atoms with Gasteiger partial charge < -0.3 is 14.2 Å². The molecular formula is C60H41F3N2OSi. The van der Waals surface area contributed by atoms with E-state index in [1.807, 2.05) is 18.2 Å². The van der Waals surface area contributed by atoms with Gasteiger partial charge in [-0.3, -0.25) is 0 Å². The van der Waals surface area contributed by atoms with Crippen molar-refractivity contribution >= 4 is 91.6 Å². The van der Waals surface area contributed by atoms with Crippen molar-refractivity contribution in [2.24, 2.45) is 0 Å². The standard InChI is InChI=1S/C60H41F3N2OSi/c1-67(2)40-33-31-39(32-34-40)65(53-29-15-23-45-44-22-14-26-49(60(61,62)63)57(44)66-58(45)53)54-36-50-56(43-21-9-8-20-42(43)54)55-41-19-7-6-16-37(41)30-35-48(55)59(50)46-24-10-12-27-51(46)64(38-17-4-3-5-18-38)52-28-13-11-25-47(52)59/h3-36,67H,1-2H3. The van der Waals surface area contributed by atoms with Crippen LogP contribution in [0.2, 0.25) is 13.1 Å². The van der Waals surface area contributed by atoms with E-state index in [2.05, 4.69) is 193 Å². The van der Waals surface area contributed by atoms with Crippen molar-refractivity contribution in [1.29, 1.82) is 0 Å². The van der Waals surface area contributed by atoms with Crippen molar-refractivity contribution in [2.75, 3.05) is 9.80 Å². The molecule has 0 N–H and O–H groups in total. The molecule has 322 valence electrons. The van der Waals surface area contributed by atoms with Crippen molar-refractivity contribution in [1.82, 2.24) is 0 Å². The predicted molar refractivity (Wildman–Crippen MR) is 272 cm³/mol. The highest BCUT2D eigenvalue weighted by Crippen LogP contribution is 2.66. The summed E-state index contributed by atoms with van der Waals surface area (Å²) in [5.41, 5.74) is 11.3. The van der Waals surface area contributed by atoms with E-state index in [4.69, 9.17) is 4.42 Å². The lowest BCUT2D eigenvalue weighted by atomic mass is 9.64. The number of alkyl halides is 3. The van der Waals surface area contributed by atoms with Crippen LogP contribution in [-0.4, -0.2) is 8.80 Å². The summed E-state index contributed by atoms with van der Waals surface area (Å²) >= 11 is 0. The van der Waals surface area contributed by atoms with Gasteiger partial charge in [-0.15, -0.1) is 0 Å². The molecule has 0 radical (unpaired) electrons. The zero-order chi connectivity index (χ0) is 45.2. The minimum atomic E-state index is -4.60. The summed E-state index contributed by atoms with van der Waals surface area (Å²) in [7, 11) is -1.18. The Morgan fingerprint density at radius 3 is 1.76 bits per heavy atom. The lowest BCUT2D eigenvalue weighted by Crippen LogP contribution is -2.36. The minimum Gasteiger partial charge on any atom is -0.453 e. The van der Waals surface area contributed by atoms with Gasteiger partial charge >= 0.3 is 6.18 Å². The van der Waals surface area contributed by atoms with Crippen molar-refractivity contribution in [2.45, 2.75) is 24.7 Å². The third-order valence-electron chi connectivity index (χ3n) is 14.2. The number of furan rings is 1. The molecule has 2 heterocycles. The van der Waals surface area contributed by atoms with Gasteiger partial charge in [-0.25, -0.2) is 0 Å². The lowest BCUT2D eigenvalue weighted by Gasteiger charge is -2.45. The summed E-state index contributed by atoms with van der Waals surface area (Å²) in [6, 6.07) is 71.3. The average molecular weight is 891 g/mol. The summed E-state index contributed by atoms with van der Waals surface area (Å²) in [4.78, 5) is 4.61. The Kier molecular flexibility index (Phi) is 8.58. The molecule has 10 aromatic carbocycles. The fourth-order valence-corrected chi connectivity index (χ4v) is 12.4. The van der Waals surface area contributed by atoms with E-state index in [1.165, 1.54) is 33.3 Å². The first kappa shape index (κ1) is 39.5. The molecular weight excluding hydrogens is 850 g/mol. The van der Waals surface area contributed by atoms with E-state index in [1.54, 1.807) is 6.07 Å². The molecule has 0 unspecified atom stereocenters. The molecule has 1 spiro atoms. The molecule has 0 saturated heterocycles. The zero-order valence-electron chi connectivity index (χ0n) is 36.6. The van der Waals surface area contributed by atoms with Gasteiger partial charge in [-0.2, -0.15) is 13.2 Å². The van der Waals surface area contributed by atoms with Gasteiger partial charge in [0.1, 0.15) is 5.58 Å². The fourth-order valence-electron chi connectivity index (χ4n) is 11.4. The number of para-hydroxylation sites is 5. The Hall–Kier alpha value is -7.87. The highest BCUT2D eigenvalue weighted by atomic mass is 28.3. The Morgan fingerprint density at radius 1 is 0.478 bits per heavy atom. The number of hydrogen-bond acceptors (Lipinski definition) is 3. The first-order valence-electron chi connectivity index (χ1n) is 22.8. The van der Waals surface area contributed by atoms with Gasteiger partial charge in [0.25, 0.3) is 0 Å². The summed E-state index contributed by atoms with van der Waals surface area (Å²) in [5.74, 6) is 0. The van der Waals surface area contributed by atoms with Crippen LogP contribution in [0.3, 0.4) is 0 Å². The van der Waals surface area contributed by atoms with Gasteiger partial charge in [-0.05, 0) is 104 Å². The maximum Gasteiger partial charge on any atom is 0.420 e. The Balaban J connectivity index is 1.19. The Labute approximate surface area is 387 Å². The zero-order valence-corrected chi connectivity index (χ0v) is 37.8. The van der Waals surface area contributed by atoms with Crippen LogP contribution in [0.15, 0.2) is 211 Å². The summed E-state index contributed by atoms with van der Waals surface area (Å²) in [6.07, 6.45) is -4.60. The molecule has 0 bridgehead atoms. The minimum absolute atomic E-state index is 0.169. The summed E-state index contributed by atoms with van der Waals surface area (Å²) in [5, 5.41) is 6.78. The molecule has 0 amide bonds. The number of benzene rings is 10. The van der Waals surface area contributed by atoms with Gasteiger partial charge in [-0.1, -0.05) is 170 Å². The first-order chi connectivity index (χ1) is 32.7. The third-order valence-corrected chi connectivity index (χ3v) is 15.9. The van der Waals surface area contributed by atoms with E-state index in [-0.39, 0.29) is 5.58 Å². The molecule has 3 nitrogen and oxygen atoms in total. The normalized spacial score (nSPS) is 13.7. The molecule has 1 aromatic heterocycles. The molecule has 11 aromatic rings. The van der Waals surface area contributed by atoms with Crippen LogP contribution in [0.5, 0.6) is 0 Å². The van der Waals surface area contributed by atoms with Gasteiger partial charge in [0.05, 0.1) is 42.5 Å². The van der Waals surface area contributed by atoms with Crippen LogP contribution < -0.4 is 15.0 Å². The predicted octanol–water partition coefficient (Wildman–Crippen LogP) is 16.2. The summed E-state index contributed by atoms with van der Waals surface area (Å²) < 4.78 is 50.6. The maximum atomic E-state index is 14.7. The molecule has 7 heteroatoms.